The number of carbonyl (C=O) groups excluding carboxylic acids is 1. The van der Waals surface area contributed by atoms with Crippen LogP contribution in [-0.4, -0.2) is 48.4 Å². The maximum atomic E-state index is 12.9. The number of benzene rings is 1. The Labute approximate surface area is 165 Å². The Morgan fingerprint density at radius 2 is 1.70 bits per heavy atom. The van der Waals surface area contributed by atoms with E-state index in [2.05, 4.69) is 23.9 Å². The molecular weight excluding hydrogens is 332 g/mol. The Kier molecular flexibility index (Phi) is 5.33. The molecule has 1 aromatic rings. The lowest BCUT2D eigenvalue weighted by molar-refractivity contribution is 0.0226. The molecule has 3 aliphatic rings. The van der Waals surface area contributed by atoms with Crippen molar-refractivity contribution in [2.24, 2.45) is 11.3 Å². The number of carbonyl (C=O) groups is 1. The predicted molar refractivity (Wildman–Crippen MR) is 111 cm³/mol. The average molecular weight is 369 g/mol. The Morgan fingerprint density at radius 3 is 2.33 bits per heavy atom. The van der Waals surface area contributed by atoms with E-state index in [1.165, 1.54) is 64.2 Å². The van der Waals surface area contributed by atoms with E-state index in [9.17, 15) is 4.79 Å². The van der Waals surface area contributed by atoms with Crippen LogP contribution in [0, 0.1) is 11.3 Å². The lowest BCUT2D eigenvalue weighted by Gasteiger charge is -2.50. The molecule has 3 heteroatoms. The van der Waals surface area contributed by atoms with Crippen molar-refractivity contribution < 1.29 is 4.79 Å². The first-order chi connectivity index (χ1) is 13.0. The summed E-state index contributed by atoms with van der Waals surface area (Å²) < 4.78 is 0. The SMILES string of the molecule is CN(C)C1(CC2CCCC2)CCC2(CCN(C(=O)c3ccccc3)C2)CC1. The molecule has 148 valence electrons. The van der Waals surface area contributed by atoms with E-state index in [0.29, 0.717) is 11.0 Å². The fourth-order valence-corrected chi connectivity index (χ4v) is 6.11. The number of amides is 1. The molecular formula is C24H36N2O. The summed E-state index contributed by atoms with van der Waals surface area (Å²) in [6, 6.07) is 9.82. The van der Waals surface area contributed by atoms with Crippen molar-refractivity contribution in [1.82, 2.24) is 9.80 Å². The van der Waals surface area contributed by atoms with Crippen molar-refractivity contribution in [2.45, 2.75) is 69.7 Å². The molecule has 2 saturated carbocycles. The normalized spacial score (nSPS) is 31.9. The van der Waals surface area contributed by atoms with Gasteiger partial charge in [0, 0.05) is 24.2 Å². The molecule has 1 aromatic carbocycles. The average Bonchev–Trinajstić information content (AvgIpc) is 3.34. The van der Waals surface area contributed by atoms with Gasteiger partial charge in [-0.3, -0.25) is 4.79 Å². The minimum Gasteiger partial charge on any atom is -0.338 e. The fourth-order valence-electron chi connectivity index (χ4n) is 6.11. The van der Waals surface area contributed by atoms with Gasteiger partial charge in [-0.2, -0.15) is 0 Å². The summed E-state index contributed by atoms with van der Waals surface area (Å²) in [7, 11) is 4.60. The first-order valence-electron chi connectivity index (χ1n) is 11.0. The van der Waals surface area contributed by atoms with Crippen LogP contribution in [0.25, 0.3) is 0 Å². The topological polar surface area (TPSA) is 23.6 Å². The van der Waals surface area contributed by atoms with Gasteiger partial charge >= 0.3 is 0 Å². The first kappa shape index (κ1) is 19.0. The molecule has 1 aliphatic heterocycles. The molecule has 1 heterocycles. The monoisotopic (exact) mass is 368 g/mol. The highest BCUT2D eigenvalue weighted by Crippen LogP contribution is 2.51. The Balaban J connectivity index is 1.40. The molecule has 0 atom stereocenters. The first-order valence-corrected chi connectivity index (χ1v) is 11.0. The largest absolute Gasteiger partial charge is 0.338 e. The highest BCUT2D eigenvalue weighted by molar-refractivity contribution is 5.94. The van der Waals surface area contributed by atoms with E-state index < -0.39 is 0 Å². The molecule has 0 radical (unpaired) electrons. The number of nitrogens with zero attached hydrogens (tertiary/aromatic N) is 2. The zero-order valence-corrected chi connectivity index (χ0v) is 17.3. The number of likely N-dealkylation sites (tertiary alicyclic amines) is 1. The summed E-state index contributed by atoms with van der Waals surface area (Å²) in [5.41, 5.74) is 1.62. The van der Waals surface area contributed by atoms with Crippen LogP contribution in [0.1, 0.15) is 74.6 Å². The lowest BCUT2D eigenvalue weighted by Crippen LogP contribution is -2.50. The van der Waals surface area contributed by atoms with Crippen LogP contribution in [0.5, 0.6) is 0 Å². The Bertz CT molecular complexity index is 640. The third-order valence-electron chi connectivity index (χ3n) is 8.08. The summed E-state index contributed by atoms with van der Waals surface area (Å²) in [5, 5.41) is 0. The van der Waals surface area contributed by atoms with E-state index >= 15 is 0 Å². The molecule has 4 rings (SSSR count). The standard InChI is InChI=1S/C24H36N2O/c1-25(2)24(18-20-8-6-7-9-20)14-12-23(13-15-24)16-17-26(19-23)22(27)21-10-4-3-5-11-21/h3-5,10-11,20H,6-9,12-19H2,1-2H3. The van der Waals surface area contributed by atoms with E-state index in [0.717, 1.165) is 24.6 Å². The molecule has 1 spiro atoms. The predicted octanol–water partition coefficient (Wildman–Crippen LogP) is 4.97. The summed E-state index contributed by atoms with van der Waals surface area (Å²) >= 11 is 0. The second-order valence-electron chi connectivity index (χ2n) is 9.82. The van der Waals surface area contributed by atoms with E-state index in [-0.39, 0.29) is 5.91 Å². The molecule has 0 unspecified atom stereocenters. The second kappa shape index (κ2) is 7.58. The zero-order chi connectivity index (χ0) is 18.9. The fraction of sp³-hybridized carbons (Fsp3) is 0.708. The minimum atomic E-state index is 0.225. The van der Waals surface area contributed by atoms with Crippen molar-refractivity contribution in [1.29, 1.82) is 0 Å². The van der Waals surface area contributed by atoms with Crippen LogP contribution >= 0.6 is 0 Å². The van der Waals surface area contributed by atoms with Gasteiger partial charge in [0.25, 0.3) is 5.91 Å². The molecule has 3 nitrogen and oxygen atoms in total. The Hall–Kier alpha value is -1.35. The van der Waals surface area contributed by atoms with E-state index in [1.54, 1.807) is 0 Å². The minimum absolute atomic E-state index is 0.225. The van der Waals surface area contributed by atoms with Crippen LogP contribution in [0.15, 0.2) is 30.3 Å². The zero-order valence-electron chi connectivity index (χ0n) is 17.3. The molecule has 1 amide bonds. The maximum Gasteiger partial charge on any atom is 0.253 e. The van der Waals surface area contributed by atoms with Crippen LogP contribution in [-0.2, 0) is 0 Å². The van der Waals surface area contributed by atoms with Gasteiger partial charge in [-0.15, -0.1) is 0 Å². The van der Waals surface area contributed by atoms with Gasteiger partial charge in [0.2, 0.25) is 0 Å². The second-order valence-corrected chi connectivity index (χ2v) is 9.82. The van der Waals surface area contributed by atoms with Crippen molar-refractivity contribution >= 4 is 5.91 Å². The molecule has 0 bridgehead atoms. The highest BCUT2D eigenvalue weighted by Gasteiger charge is 2.48. The third-order valence-corrected chi connectivity index (χ3v) is 8.08. The molecule has 0 aromatic heterocycles. The molecule has 3 fully saturated rings. The van der Waals surface area contributed by atoms with Crippen molar-refractivity contribution in [2.75, 3.05) is 27.2 Å². The third kappa shape index (κ3) is 3.81. The van der Waals surface area contributed by atoms with Gasteiger partial charge < -0.3 is 9.80 Å². The van der Waals surface area contributed by atoms with Crippen molar-refractivity contribution in [3.63, 3.8) is 0 Å². The van der Waals surface area contributed by atoms with Gasteiger partial charge in [0.15, 0.2) is 0 Å². The summed E-state index contributed by atoms with van der Waals surface area (Å²) in [6.07, 6.45) is 13.5. The van der Waals surface area contributed by atoms with Gasteiger partial charge in [-0.1, -0.05) is 43.9 Å². The molecule has 2 aliphatic carbocycles. The molecule has 0 N–H and O–H groups in total. The van der Waals surface area contributed by atoms with Gasteiger partial charge in [0.1, 0.15) is 0 Å². The highest BCUT2D eigenvalue weighted by atomic mass is 16.2. The number of hydrogen-bond donors (Lipinski definition) is 0. The van der Waals surface area contributed by atoms with Gasteiger partial charge in [-0.25, -0.2) is 0 Å². The smallest absolute Gasteiger partial charge is 0.253 e. The van der Waals surface area contributed by atoms with Gasteiger partial charge in [0.05, 0.1) is 0 Å². The summed E-state index contributed by atoms with van der Waals surface area (Å²) in [6.45, 7) is 1.90. The lowest BCUT2D eigenvalue weighted by atomic mass is 9.64. The summed E-state index contributed by atoms with van der Waals surface area (Å²) in [5.74, 6) is 1.17. The van der Waals surface area contributed by atoms with E-state index in [4.69, 9.17) is 0 Å². The quantitative estimate of drug-likeness (QED) is 0.749. The maximum absolute atomic E-state index is 12.9. The summed E-state index contributed by atoms with van der Waals surface area (Å²) in [4.78, 5) is 17.5. The molecule has 27 heavy (non-hydrogen) atoms. The van der Waals surface area contributed by atoms with Crippen LogP contribution < -0.4 is 0 Å². The van der Waals surface area contributed by atoms with Gasteiger partial charge in [-0.05, 0) is 76.1 Å². The number of rotatable bonds is 4. The Morgan fingerprint density at radius 1 is 1.04 bits per heavy atom. The van der Waals surface area contributed by atoms with E-state index in [1.807, 2.05) is 30.3 Å². The van der Waals surface area contributed by atoms with Crippen molar-refractivity contribution in [3.8, 4) is 0 Å². The number of hydrogen-bond acceptors (Lipinski definition) is 2. The van der Waals surface area contributed by atoms with Crippen LogP contribution in [0.4, 0.5) is 0 Å². The molecule has 1 saturated heterocycles. The van der Waals surface area contributed by atoms with Crippen LogP contribution in [0.2, 0.25) is 0 Å². The van der Waals surface area contributed by atoms with Crippen molar-refractivity contribution in [3.05, 3.63) is 35.9 Å². The van der Waals surface area contributed by atoms with Crippen LogP contribution in [0.3, 0.4) is 0 Å².